The number of rotatable bonds is 20. The van der Waals surface area contributed by atoms with Gasteiger partial charge in [-0.2, -0.15) is 15.0 Å². The number of hydrogen-bond acceptors (Lipinski definition) is 28. The lowest BCUT2D eigenvalue weighted by Crippen LogP contribution is -2.47. The average Bonchev–Trinajstić information content (AvgIpc) is 1.58. The Morgan fingerprint density at radius 3 is 1.23 bits per heavy atom. The van der Waals surface area contributed by atoms with Gasteiger partial charge in [0.15, 0.2) is 18.4 Å². The Morgan fingerprint density at radius 2 is 0.824 bits per heavy atom. The molecule has 3 saturated heterocycles. The van der Waals surface area contributed by atoms with Gasteiger partial charge in [0.2, 0.25) is 17.8 Å². The summed E-state index contributed by atoms with van der Waals surface area (Å²) in [5.41, 5.74) is 15.1. The normalized spacial score (nSPS) is 19.0. The number of thioether (sulfide) groups is 1. The standard InChI is InChI=1S/C30H43N9O2.C26H31N9.C25H32N8S.C6H15NO2/c1-4-40-26(41-5-2)20-32-27-24-17-22-18-33-29(36-28(22)39(24)30(21-34-27)11-7-6-8-12-30)35-25-10-9-23(19-31-25)38-15-13-37(3)14-16-38;1-32-11-13-33(14-12-32)20-5-6-22(28-17-20)30-25-29-16-19-15-21-24-27-9-10-34(24)18-26(7-3-2-4-8-26)35(21)23(19)31-25;1-31-10-12-32(13-11-31)19-6-7-21(26-16-19)29-24-27-15-18-14-20-23(34-2)28-17-25(8-4-3-5-9-25)33(20)22(18)30-24;1-3-8-6(5-7)9-4-2/h9-10,17-19,26H,4-8,11-16,20-21H2,1-3H3,(H,32,34)(H,31,33,35,36);5-6,9-10,15-17H,2-4,7-8,11-14,18H2,1H3,(H,28,29,30,31);6-7,14-16H,3-5,8-13,17H2,1-2H3,(H,26,27,29,30);6H,3-5,7H2,1-2H3. The quantitative estimate of drug-likeness (QED) is 0.0443. The third-order valence-corrected chi connectivity index (χ3v) is 25.8. The Bertz CT molecular complexity index is 5030. The molecule has 6 N–H and O–H groups in total. The van der Waals surface area contributed by atoms with E-state index in [0.29, 0.717) is 57.4 Å². The highest BCUT2D eigenvalue weighted by Gasteiger charge is 2.44. The number of fused-ring (bicyclic) bond motifs is 14. The molecule has 16 heterocycles. The van der Waals surface area contributed by atoms with Gasteiger partial charge in [0.05, 0.1) is 89.0 Å². The average molecular weight is 1640 g/mol. The van der Waals surface area contributed by atoms with Gasteiger partial charge in [0.1, 0.15) is 45.3 Å². The number of aliphatic imine (C=N–C) groups is 2. The third-order valence-electron chi connectivity index (χ3n) is 25.1. The molecule has 634 valence electrons. The summed E-state index contributed by atoms with van der Waals surface area (Å²) in [4.78, 5) is 71.9. The van der Waals surface area contributed by atoms with Crippen LogP contribution in [-0.4, -0.2) is 265 Å². The summed E-state index contributed by atoms with van der Waals surface area (Å²) < 4.78 is 31.4. The summed E-state index contributed by atoms with van der Waals surface area (Å²) in [6.07, 6.45) is 35.4. The summed E-state index contributed by atoms with van der Waals surface area (Å²) in [5, 5.41) is 17.8. The fourth-order valence-electron chi connectivity index (χ4n) is 18.7. The molecule has 0 bridgehead atoms. The molecule has 19 rings (SSSR count). The Balaban J connectivity index is 0.000000127. The van der Waals surface area contributed by atoms with Crippen LogP contribution in [0.15, 0.2) is 114 Å². The molecule has 0 amide bonds. The number of aromatic nitrogens is 14. The molecule has 6 aliphatic heterocycles. The van der Waals surface area contributed by atoms with E-state index in [1.807, 2.05) is 89.3 Å². The van der Waals surface area contributed by atoms with Crippen molar-refractivity contribution in [1.82, 2.24) is 88.1 Å². The number of hydrogen-bond donors (Lipinski definition) is 5. The lowest BCUT2D eigenvalue weighted by molar-refractivity contribution is -0.131. The van der Waals surface area contributed by atoms with Crippen molar-refractivity contribution in [2.24, 2.45) is 15.7 Å². The first kappa shape index (κ1) is 83.2. The van der Waals surface area contributed by atoms with E-state index in [9.17, 15) is 0 Å². The van der Waals surface area contributed by atoms with Crippen molar-refractivity contribution in [2.75, 3.05) is 189 Å². The van der Waals surface area contributed by atoms with Crippen molar-refractivity contribution >= 4 is 108 Å². The zero-order valence-corrected chi connectivity index (χ0v) is 71.7. The number of nitrogens with zero attached hydrogens (tertiary/aromatic N) is 22. The number of piperazine rings is 3. The molecule has 3 aliphatic carbocycles. The van der Waals surface area contributed by atoms with Gasteiger partial charge in [0.25, 0.3) is 0 Å². The first-order valence-corrected chi connectivity index (χ1v) is 44.7. The number of nitrogens with two attached hydrogens (primary N) is 1. The lowest BCUT2D eigenvalue weighted by Gasteiger charge is -2.43. The molecule has 31 nitrogen and oxygen atoms in total. The SMILES string of the molecule is CCOC(CN)OCC.CCOC(CNC1=NCC2(CCCCC2)n2c1cc1cnc(Nc3ccc(N4CCN(C)CC4)cn3)nc12)OCC.CN1CCN(c2ccc(Nc3ncc4cc5n(c4n3)C3(CCCCC3)Cn3ccnc3-5)nc2)CC1.CSC1=NCC2(CCCCC2)n2c1cc1cnc(Nc3ccc(N4CCN(C)CC4)cn3)nc12. The van der Waals surface area contributed by atoms with Gasteiger partial charge in [0, 0.05) is 165 Å². The van der Waals surface area contributed by atoms with Crippen LogP contribution in [0.3, 0.4) is 0 Å². The summed E-state index contributed by atoms with van der Waals surface area (Å²) in [7, 11) is 6.51. The van der Waals surface area contributed by atoms with Crippen LogP contribution >= 0.6 is 11.8 Å². The van der Waals surface area contributed by atoms with Crippen LogP contribution in [0.2, 0.25) is 0 Å². The van der Waals surface area contributed by atoms with Crippen LogP contribution in [-0.2, 0) is 42.1 Å². The Morgan fingerprint density at radius 1 is 0.437 bits per heavy atom. The van der Waals surface area contributed by atoms with Crippen molar-refractivity contribution in [3.05, 3.63) is 116 Å². The van der Waals surface area contributed by atoms with Crippen LogP contribution in [0.1, 0.15) is 135 Å². The number of nitrogens with one attached hydrogen (secondary N) is 4. The number of pyridine rings is 3. The van der Waals surface area contributed by atoms with E-state index in [-0.39, 0.29) is 29.2 Å². The number of imidazole rings is 1. The predicted octanol–water partition coefficient (Wildman–Crippen LogP) is 12.0. The van der Waals surface area contributed by atoms with Gasteiger partial charge >= 0.3 is 0 Å². The molecule has 10 aromatic rings. The molecule has 0 unspecified atom stereocenters. The zero-order valence-electron chi connectivity index (χ0n) is 70.9. The number of amidine groups is 1. The second-order valence-corrected chi connectivity index (χ2v) is 33.8. The molecular weight excluding hydrogens is 1520 g/mol. The minimum absolute atomic E-state index is 0.0442. The van der Waals surface area contributed by atoms with Gasteiger partial charge in [-0.25, -0.2) is 34.9 Å². The fourth-order valence-corrected chi connectivity index (χ4v) is 19.3. The molecule has 3 saturated carbocycles. The number of anilines is 9. The largest absolute Gasteiger partial charge is 0.368 e. The fraction of sp³-hybridized carbons (Fsp3) is 0.563. The summed E-state index contributed by atoms with van der Waals surface area (Å²) in [6, 6.07) is 19.0. The molecule has 0 aromatic carbocycles. The van der Waals surface area contributed by atoms with Crippen LogP contribution < -0.4 is 41.7 Å². The zero-order chi connectivity index (χ0) is 81.9. The Labute approximate surface area is 703 Å². The Kier molecular flexibility index (Phi) is 26.6. The summed E-state index contributed by atoms with van der Waals surface area (Å²) >= 11 is 1.72. The van der Waals surface area contributed by atoms with Crippen LogP contribution in [0.4, 0.5) is 52.4 Å². The third kappa shape index (κ3) is 18.6. The van der Waals surface area contributed by atoms with Crippen molar-refractivity contribution in [2.45, 2.75) is 160 Å². The monoisotopic (exact) mass is 1640 g/mol. The van der Waals surface area contributed by atoms with E-state index in [0.717, 1.165) is 214 Å². The topological polar surface area (TPSA) is 304 Å². The van der Waals surface area contributed by atoms with Crippen LogP contribution in [0.25, 0.3) is 44.6 Å². The first-order valence-electron chi connectivity index (χ1n) is 43.5. The Hall–Kier alpha value is -9.51. The number of ether oxygens (including phenoxy) is 4. The molecular formula is C87H121N27O4S. The highest BCUT2D eigenvalue weighted by Crippen LogP contribution is 2.48. The molecule has 32 heteroatoms. The second-order valence-electron chi connectivity index (χ2n) is 33.0. The van der Waals surface area contributed by atoms with Crippen molar-refractivity contribution in [1.29, 1.82) is 0 Å². The van der Waals surface area contributed by atoms with Gasteiger partial charge in [-0.15, -0.1) is 11.8 Å². The molecule has 6 fully saturated rings. The summed E-state index contributed by atoms with van der Waals surface area (Å²) in [6.45, 7) is 26.5. The molecule has 119 heavy (non-hydrogen) atoms. The summed E-state index contributed by atoms with van der Waals surface area (Å²) in [5.74, 6) is 5.87. The maximum absolute atomic E-state index is 5.76. The number of likely N-dealkylation sites (N-methyl/N-ethyl adjacent to an activating group) is 3. The van der Waals surface area contributed by atoms with Crippen LogP contribution in [0.5, 0.6) is 0 Å². The second kappa shape index (κ2) is 38.1. The van der Waals surface area contributed by atoms with E-state index >= 15 is 0 Å². The minimum atomic E-state index is -0.318. The first-order chi connectivity index (χ1) is 58.3. The maximum atomic E-state index is 5.76. The predicted molar refractivity (Wildman–Crippen MR) is 476 cm³/mol. The van der Waals surface area contributed by atoms with E-state index in [1.54, 1.807) is 11.8 Å². The van der Waals surface area contributed by atoms with E-state index in [4.69, 9.17) is 49.6 Å². The molecule has 0 atom stereocenters. The van der Waals surface area contributed by atoms with Crippen molar-refractivity contribution < 1.29 is 18.9 Å². The molecule has 9 aliphatic rings. The van der Waals surface area contributed by atoms with Gasteiger partial charge in [-0.1, -0.05) is 57.8 Å². The van der Waals surface area contributed by atoms with Gasteiger partial charge in [-0.05, 0) is 148 Å². The van der Waals surface area contributed by atoms with Crippen molar-refractivity contribution in [3.8, 4) is 11.5 Å². The van der Waals surface area contributed by atoms with Crippen LogP contribution in [0, 0.1) is 0 Å². The molecule has 0 radical (unpaired) electrons. The van der Waals surface area contributed by atoms with Gasteiger partial charge in [-0.3, -0.25) is 9.98 Å². The lowest BCUT2D eigenvalue weighted by atomic mass is 9.80. The smallest absolute Gasteiger partial charge is 0.230 e. The minimum Gasteiger partial charge on any atom is -0.368 e. The molecule has 3 spiro atoms. The van der Waals surface area contributed by atoms with E-state index in [1.165, 1.54) is 82.0 Å². The van der Waals surface area contributed by atoms with E-state index < -0.39 is 0 Å². The maximum Gasteiger partial charge on any atom is 0.230 e. The van der Waals surface area contributed by atoms with Gasteiger partial charge < -0.3 is 93.6 Å². The molecule has 10 aromatic heterocycles. The highest BCUT2D eigenvalue weighted by atomic mass is 32.2. The highest BCUT2D eigenvalue weighted by molar-refractivity contribution is 8.13. The van der Waals surface area contributed by atoms with E-state index in [2.05, 4.69) is 174 Å². The van der Waals surface area contributed by atoms with Crippen molar-refractivity contribution in [3.63, 3.8) is 0 Å².